The summed E-state index contributed by atoms with van der Waals surface area (Å²) in [5, 5.41) is 13.5. The number of hydrogen-bond acceptors (Lipinski definition) is 7. The Morgan fingerprint density at radius 2 is 1.95 bits per heavy atom. The van der Waals surface area contributed by atoms with Crippen molar-refractivity contribution in [2.75, 3.05) is 45.8 Å². The van der Waals surface area contributed by atoms with Crippen LogP contribution < -0.4 is 14.8 Å². The minimum Gasteiger partial charge on any atom is -0.496 e. The molecule has 1 saturated heterocycles. The third-order valence-corrected chi connectivity index (χ3v) is 7.72. The van der Waals surface area contributed by atoms with E-state index in [2.05, 4.69) is 11.4 Å². The van der Waals surface area contributed by atoms with Gasteiger partial charge in [0, 0.05) is 55.2 Å². The fourth-order valence-electron chi connectivity index (χ4n) is 5.64. The first kappa shape index (κ1) is 29.1. The number of benzene rings is 1. The number of aliphatic carboxylic acids is 1. The summed E-state index contributed by atoms with van der Waals surface area (Å²) in [6, 6.07) is 4.10. The first-order valence-corrected chi connectivity index (χ1v) is 14.1. The van der Waals surface area contributed by atoms with Gasteiger partial charge in [-0.1, -0.05) is 20.3 Å². The van der Waals surface area contributed by atoms with Crippen LogP contribution in [0.1, 0.15) is 80.3 Å². The summed E-state index contributed by atoms with van der Waals surface area (Å²) in [6.45, 7) is 6.48. The van der Waals surface area contributed by atoms with Gasteiger partial charge in [-0.15, -0.1) is 0 Å². The molecule has 8 nitrogen and oxygen atoms in total. The average molecular weight is 544 g/mol. The number of unbranched alkanes of at least 4 members (excludes halogenated alkanes) is 2. The number of hydrogen-bond donors (Lipinski definition) is 2. The number of methoxy groups -OCH3 is 2. The highest BCUT2D eigenvalue weighted by molar-refractivity contribution is 5.77. The molecule has 1 aromatic carbocycles. The molecule has 0 amide bonds. The van der Waals surface area contributed by atoms with Crippen molar-refractivity contribution in [1.82, 2.24) is 9.88 Å². The SMILES string of the molecule is COc1cc(F)c(C(C)C)cc1C(C(=O)O)N1CC[C@@H](OCCCCCc2cc(OC)c3c(n2)NCCC3)C1. The summed E-state index contributed by atoms with van der Waals surface area (Å²) in [6.07, 6.45) is 6.68. The molecule has 2 aromatic rings. The standard InChI is InChI=1S/C30H42FN3O5/c1-19(2)23-16-24(27(38-4)17-25(23)31)28(30(35)36)34-13-11-21(18-34)39-14-7-5-6-9-20-15-26(37-3)22-10-8-12-32-29(22)33-20/h15-17,19,21,28H,5-14,18H2,1-4H3,(H,32,33)(H,35,36)/t21-,28?/m1/s1. The molecule has 0 saturated carbocycles. The molecule has 1 unspecified atom stereocenters. The van der Waals surface area contributed by atoms with Crippen LogP contribution in [0.15, 0.2) is 18.2 Å². The lowest BCUT2D eigenvalue weighted by Crippen LogP contribution is -2.34. The molecular formula is C30H42FN3O5. The second-order valence-corrected chi connectivity index (χ2v) is 10.8. The minimum atomic E-state index is -0.974. The van der Waals surface area contributed by atoms with Crippen molar-refractivity contribution < 1.29 is 28.5 Å². The molecule has 2 aliphatic heterocycles. The molecule has 1 fully saturated rings. The van der Waals surface area contributed by atoms with Gasteiger partial charge in [0.1, 0.15) is 29.2 Å². The fraction of sp³-hybridized carbons (Fsp3) is 0.600. The highest BCUT2D eigenvalue weighted by Gasteiger charge is 2.36. The number of aryl methyl sites for hydroxylation is 1. The van der Waals surface area contributed by atoms with E-state index in [4.69, 9.17) is 19.2 Å². The van der Waals surface area contributed by atoms with E-state index in [1.165, 1.54) is 18.7 Å². The Labute approximate surface area is 230 Å². The Hall–Kier alpha value is -2.91. The molecule has 0 radical (unpaired) electrons. The van der Waals surface area contributed by atoms with Crippen LogP contribution in [0.25, 0.3) is 0 Å². The zero-order chi connectivity index (χ0) is 27.9. The maximum Gasteiger partial charge on any atom is 0.325 e. The van der Waals surface area contributed by atoms with E-state index >= 15 is 0 Å². The Kier molecular flexibility index (Phi) is 10.0. The largest absolute Gasteiger partial charge is 0.496 e. The lowest BCUT2D eigenvalue weighted by molar-refractivity contribution is -0.143. The van der Waals surface area contributed by atoms with Gasteiger partial charge in [-0.2, -0.15) is 0 Å². The maximum absolute atomic E-state index is 14.5. The van der Waals surface area contributed by atoms with Crippen molar-refractivity contribution >= 4 is 11.8 Å². The predicted octanol–water partition coefficient (Wildman–Crippen LogP) is 5.35. The van der Waals surface area contributed by atoms with E-state index in [-0.39, 0.29) is 23.6 Å². The molecule has 9 heteroatoms. The van der Waals surface area contributed by atoms with Crippen LogP contribution in [-0.2, 0) is 22.4 Å². The summed E-state index contributed by atoms with van der Waals surface area (Å²) in [4.78, 5) is 19.0. The van der Waals surface area contributed by atoms with Crippen LogP contribution in [-0.4, -0.2) is 67.5 Å². The van der Waals surface area contributed by atoms with Crippen LogP contribution >= 0.6 is 0 Å². The highest BCUT2D eigenvalue weighted by Crippen LogP contribution is 2.36. The van der Waals surface area contributed by atoms with E-state index in [9.17, 15) is 14.3 Å². The molecule has 0 aliphatic carbocycles. The second kappa shape index (κ2) is 13.4. The van der Waals surface area contributed by atoms with E-state index in [1.54, 1.807) is 13.2 Å². The van der Waals surface area contributed by atoms with Crippen LogP contribution in [0.3, 0.4) is 0 Å². The molecule has 2 atom stereocenters. The van der Waals surface area contributed by atoms with Crippen LogP contribution in [0.2, 0.25) is 0 Å². The van der Waals surface area contributed by atoms with Gasteiger partial charge in [0.2, 0.25) is 0 Å². The molecule has 214 valence electrons. The Morgan fingerprint density at radius 1 is 1.15 bits per heavy atom. The number of ether oxygens (including phenoxy) is 3. The van der Waals surface area contributed by atoms with E-state index < -0.39 is 12.0 Å². The van der Waals surface area contributed by atoms with Gasteiger partial charge >= 0.3 is 5.97 Å². The van der Waals surface area contributed by atoms with Gasteiger partial charge in [0.25, 0.3) is 0 Å². The number of pyridine rings is 1. The van der Waals surface area contributed by atoms with Crippen LogP contribution in [0.4, 0.5) is 10.2 Å². The Morgan fingerprint density at radius 3 is 2.67 bits per heavy atom. The second-order valence-electron chi connectivity index (χ2n) is 10.8. The number of carbonyl (C=O) groups is 1. The maximum atomic E-state index is 14.5. The predicted molar refractivity (Wildman–Crippen MR) is 149 cm³/mol. The summed E-state index contributed by atoms with van der Waals surface area (Å²) >= 11 is 0. The average Bonchev–Trinajstić information content (AvgIpc) is 3.38. The van der Waals surface area contributed by atoms with Crippen LogP contribution in [0, 0.1) is 5.82 Å². The van der Waals surface area contributed by atoms with E-state index in [0.29, 0.717) is 30.8 Å². The van der Waals surface area contributed by atoms with Crippen molar-refractivity contribution in [2.45, 2.75) is 76.9 Å². The lowest BCUT2D eigenvalue weighted by Gasteiger charge is -2.27. The number of likely N-dealkylation sites (tertiary alicyclic amines) is 1. The van der Waals surface area contributed by atoms with Crippen molar-refractivity contribution in [3.8, 4) is 11.5 Å². The zero-order valence-electron chi connectivity index (χ0n) is 23.6. The number of carboxylic acids is 1. The van der Waals surface area contributed by atoms with Crippen molar-refractivity contribution in [2.24, 2.45) is 0 Å². The molecule has 1 aromatic heterocycles. The normalized spacial score (nSPS) is 18.1. The van der Waals surface area contributed by atoms with E-state index in [0.717, 1.165) is 68.8 Å². The van der Waals surface area contributed by atoms with Gasteiger partial charge in [-0.05, 0) is 56.1 Å². The molecule has 2 aliphatic rings. The molecular weight excluding hydrogens is 501 g/mol. The Balaban J connectivity index is 1.26. The van der Waals surface area contributed by atoms with Gasteiger partial charge in [-0.3, -0.25) is 9.69 Å². The van der Waals surface area contributed by atoms with E-state index in [1.807, 2.05) is 18.7 Å². The number of halogens is 1. The summed E-state index contributed by atoms with van der Waals surface area (Å²) in [7, 11) is 3.16. The first-order chi connectivity index (χ1) is 18.8. The number of fused-ring (bicyclic) bond motifs is 1. The number of rotatable bonds is 13. The minimum absolute atomic E-state index is 0.0273. The van der Waals surface area contributed by atoms with Crippen molar-refractivity contribution in [3.63, 3.8) is 0 Å². The zero-order valence-corrected chi connectivity index (χ0v) is 23.6. The monoisotopic (exact) mass is 543 g/mol. The fourth-order valence-corrected chi connectivity index (χ4v) is 5.64. The summed E-state index contributed by atoms with van der Waals surface area (Å²) in [5.41, 5.74) is 3.20. The number of anilines is 1. The van der Waals surface area contributed by atoms with Gasteiger partial charge in [0.05, 0.1) is 20.3 Å². The number of carboxylic acid groups (broad SMARTS) is 1. The third-order valence-electron chi connectivity index (χ3n) is 7.72. The number of nitrogens with zero attached hydrogens (tertiary/aromatic N) is 2. The van der Waals surface area contributed by atoms with Gasteiger partial charge in [-0.25, -0.2) is 9.37 Å². The van der Waals surface area contributed by atoms with Crippen LogP contribution in [0.5, 0.6) is 11.5 Å². The Bertz CT molecular complexity index is 1120. The van der Waals surface area contributed by atoms with Gasteiger partial charge < -0.3 is 24.6 Å². The summed E-state index contributed by atoms with van der Waals surface area (Å²) < 4.78 is 31.6. The molecule has 0 spiro atoms. The number of nitrogens with one attached hydrogen (secondary N) is 1. The van der Waals surface area contributed by atoms with Gasteiger partial charge in [0.15, 0.2) is 0 Å². The smallest absolute Gasteiger partial charge is 0.325 e. The molecule has 39 heavy (non-hydrogen) atoms. The van der Waals surface area contributed by atoms with Crippen molar-refractivity contribution in [3.05, 3.63) is 46.4 Å². The molecule has 0 bridgehead atoms. The summed E-state index contributed by atoms with van der Waals surface area (Å²) in [5.74, 6) is 0.724. The molecule has 3 heterocycles. The molecule has 2 N–H and O–H groups in total. The topological polar surface area (TPSA) is 93.2 Å². The molecule has 4 rings (SSSR count). The third kappa shape index (κ3) is 7.00. The quantitative estimate of drug-likeness (QED) is 0.327. The lowest BCUT2D eigenvalue weighted by atomic mass is 9.95. The highest BCUT2D eigenvalue weighted by atomic mass is 19.1. The first-order valence-electron chi connectivity index (χ1n) is 14.1. The van der Waals surface area contributed by atoms with Crippen molar-refractivity contribution in [1.29, 1.82) is 0 Å². The number of aromatic nitrogens is 1.